The van der Waals surface area contributed by atoms with Crippen LogP contribution in [0.2, 0.25) is 3.98 Å². The third-order valence-corrected chi connectivity index (χ3v) is 3.05. The predicted molar refractivity (Wildman–Crippen MR) is 58.1 cm³/mol. The van der Waals surface area contributed by atoms with Crippen LogP contribution in [0.4, 0.5) is 0 Å². The Balaban J connectivity index is 4.00. The minimum atomic E-state index is 0.0294. The van der Waals surface area contributed by atoms with Crippen molar-refractivity contribution in [2.24, 2.45) is 5.41 Å². The van der Waals surface area contributed by atoms with Crippen LogP contribution in [-0.4, -0.2) is 49.6 Å². The van der Waals surface area contributed by atoms with Gasteiger partial charge in [-0.15, -0.1) is 0 Å². The van der Waals surface area contributed by atoms with Crippen LogP contribution in [0.15, 0.2) is 0 Å². The molecule has 0 bridgehead atoms. The second kappa shape index (κ2) is 5.66. The Morgan fingerprint density at radius 1 is 1.23 bits per heavy atom. The van der Waals surface area contributed by atoms with Gasteiger partial charge in [-0.2, -0.15) is 0 Å². The van der Waals surface area contributed by atoms with Gasteiger partial charge in [-0.25, -0.2) is 0 Å². The van der Waals surface area contributed by atoms with Crippen molar-refractivity contribution >= 4 is 25.8 Å². The van der Waals surface area contributed by atoms with Gasteiger partial charge in [0.25, 0.3) is 0 Å². The molecule has 0 aliphatic heterocycles. The number of hydrogen-bond acceptors (Lipinski definition) is 2. The molecule has 0 unspecified atom stereocenters. The summed E-state index contributed by atoms with van der Waals surface area (Å²) >= 11 is 1.26. The van der Waals surface area contributed by atoms with Crippen LogP contribution < -0.4 is 5.32 Å². The molecule has 2 N–H and O–H groups in total. The summed E-state index contributed by atoms with van der Waals surface area (Å²) < 4.78 is 1.29. The van der Waals surface area contributed by atoms with Crippen molar-refractivity contribution in [3.63, 3.8) is 0 Å². The Kier molecular flexibility index (Phi) is 6.02. The van der Waals surface area contributed by atoms with E-state index in [2.05, 4.69) is 33.0 Å². The monoisotopic (exact) mass is 380 g/mol. The molecule has 0 spiro atoms. The fraction of sp³-hybridized carbons (Fsp3) is 1.00. The molecule has 0 fully saturated rings. The maximum absolute atomic E-state index is 9.16. The SMILES string of the molecule is CC(C)(CO)CC(C)(C)NC[CH2][Pb]. The van der Waals surface area contributed by atoms with E-state index in [-0.39, 0.29) is 17.6 Å². The molecule has 0 atom stereocenters. The first kappa shape index (κ1) is 13.8. The van der Waals surface area contributed by atoms with E-state index in [1.54, 1.807) is 0 Å². The van der Waals surface area contributed by atoms with E-state index < -0.39 is 0 Å². The Hall–Kier alpha value is 0.842. The van der Waals surface area contributed by atoms with Gasteiger partial charge in [0, 0.05) is 0 Å². The van der Waals surface area contributed by atoms with E-state index >= 15 is 0 Å². The van der Waals surface area contributed by atoms with E-state index in [4.69, 9.17) is 5.11 Å². The third kappa shape index (κ3) is 6.85. The normalized spacial score (nSPS) is 13.4. The zero-order valence-corrected chi connectivity index (χ0v) is 13.2. The van der Waals surface area contributed by atoms with E-state index in [1.165, 1.54) is 29.7 Å². The Labute approximate surface area is 98.2 Å². The van der Waals surface area contributed by atoms with E-state index in [0.717, 1.165) is 13.0 Å². The summed E-state index contributed by atoms with van der Waals surface area (Å²) in [6.45, 7) is 10.0. The molecule has 0 aliphatic rings. The van der Waals surface area contributed by atoms with Gasteiger partial charge in [0.05, 0.1) is 0 Å². The van der Waals surface area contributed by atoms with Gasteiger partial charge in [-0.3, -0.25) is 0 Å². The molecule has 0 saturated carbocycles. The zero-order chi connectivity index (χ0) is 10.5. The van der Waals surface area contributed by atoms with Crippen LogP contribution >= 0.6 is 0 Å². The molecule has 3 heteroatoms. The van der Waals surface area contributed by atoms with Crippen LogP contribution in [0.5, 0.6) is 0 Å². The molecule has 0 aromatic carbocycles. The summed E-state index contributed by atoms with van der Waals surface area (Å²) in [4.78, 5) is 0. The number of hydrogen-bond donors (Lipinski definition) is 2. The van der Waals surface area contributed by atoms with E-state index in [9.17, 15) is 0 Å². The van der Waals surface area contributed by atoms with Gasteiger partial charge < -0.3 is 0 Å². The van der Waals surface area contributed by atoms with Gasteiger partial charge >= 0.3 is 98.4 Å². The topological polar surface area (TPSA) is 32.3 Å². The molecule has 0 aromatic rings. The summed E-state index contributed by atoms with van der Waals surface area (Å²) in [7, 11) is 0. The molecular weight excluding hydrogens is 357 g/mol. The van der Waals surface area contributed by atoms with Gasteiger partial charge in [0.15, 0.2) is 0 Å². The number of rotatable bonds is 6. The van der Waals surface area contributed by atoms with Crippen LogP contribution in [0.3, 0.4) is 0 Å². The van der Waals surface area contributed by atoms with Crippen molar-refractivity contribution in [2.45, 2.75) is 43.6 Å². The third-order valence-electron chi connectivity index (χ3n) is 2.08. The van der Waals surface area contributed by atoms with Crippen molar-refractivity contribution in [2.75, 3.05) is 13.2 Å². The Bertz CT molecular complexity index is 146. The molecule has 0 saturated heterocycles. The van der Waals surface area contributed by atoms with Crippen molar-refractivity contribution < 1.29 is 5.11 Å². The average molecular weight is 379 g/mol. The van der Waals surface area contributed by atoms with Gasteiger partial charge in [0.2, 0.25) is 0 Å². The molecule has 13 heavy (non-hydrogen) atoms. The first-order valence-corrected chi connectivity index (χ1v) is 7.58. The second-order valence-corrected chi connectivity index (χ2v) is 7.00. The van der Waals surface area contributed by atoms with E-state index in [0.29, 0.717) is 0 Å². The van der Waals surface area contributed by atoms with Crippen molar-refractivity contribution in [3.8, 4) is 0 Å². The minimum absolute atomic E-state index is 0.0294. The fourth-order valence-electron chi connectivity index (χ4n) is 1.72. The quantitative estimate of drug-likeness (QED) is 0.683. The van der Waals surface area contributed by atoms with Crippen LogP contribution in [0.1, 0.15) is 34.1 Å². The first-order chi connectivity index (χ1) is 5.83. The second-order valence-electron chi connectivity index (χ2n) is 5.06. The van der Waals surface area contributed by atoms with Gasteiger partial charge in [-0.05, 0) is 0 Å². The molecule has 0 aromatic heterocycles. The fourth-order valence-corrected chi connectivity index (χ4v) is 2.20. The van der Waals surface area contributed by atoms with Crippen LogP contribution in [0, 0.1) is 5.41 Å². The average Bonchev–Trinajstić information content (AvgIpc) is 1.99. The number of aliphatic hydroxyl groups is 1. The van der Waals surface area contributed by atoms with Crippen molar-refractivity contribution in [1.29, 1.82) is 0 Å². The zero-order valence-electron chi connectivity index (χ0n) is 9.28. The molecular formula is C10H22NOPb. The molecule has 0 amide bonds. The Morgan fingerprint density at radius 3 is 2.15 bits per heavy atom. The number of nitrogens with one attached hydrogen (secondary N) is 1. The first-order valence-electron chi connectivity index (χ1n) is 4.83. The van der Waals surface area contributed by atoms with E-state index in [1.807, 2.05) is 0 Å². The summed E-state index contributed by atoms with van der Waals surface area (Å²) in [5.41, 5.74) is 0.179. The molecule has 0 aliphatic carbocycles. The van der Waals surface area contributed by atoms with Gasteiger partial charge in [-0.1, -0.05) is 0 Å². The standard InChI is InChI=1S/C10H22NO.Pb/c1-6-11-10(4,5)7-9(2,3)8-12;/h11-12H,1,6-8H2,2-5H3;. The molecule has 3 radical (unpaired) electrons. The Morgan fingerprint density at radius 2 is 1.77 bits per heavy atom. The number of aliphatic hydroxyl groups excluding tert-OH is 1. The van der Waals surface area contributed by atoms with Crippen molar-refractivity contribution in [3.05, 3.63) is 0 Å². The molecule has 0 heterocycles. The van der Waals surface area contributed by atoms with Crippen LogP contribution in [0.25, 0.3) is 0 Å². The molecule has 77 valence electrons. The summed E-state index contributed by atoms with van der Waals surface area (Å²) in [5.74, 6) is 0. The van der Waals surface area contributed by atoms with Gasteiger partial charge in [0.1, 0.15) is 0 Å². The molecule has 0 rings (SSSR count). The summed E-state index contributed by atoms with van der Waals surface area (Å²) in [6.07, 6.45) is 1.01. The summed E-state index contributed by atoms with van der Waals surface area (Å²) in [5, 5.41) is 12.7. The molecule has 2 nitrogen and oxygen atoms in total. The van der Waals surface area contributed by atoms with Crippen molar-refractivity contribution in [1.82, 2.24) is 5.32 Å². The predicted octanol–water partition coefficient (Wildman–Crippen LogP) is 1.35. The van der Waals surface area contributed by atoms with Crippen LogP contribution in [-0.2, 0) is 0 Å². The maximum atomic E-state index is 9.16. The summed E-state index contributed by atoms with van der Waals surface area (Å²) in [6, 6.07) is 0.